The summed E-state index contributed by atoms with van der Waals surface area (Å²) in [5, 5.41) is 0. The van der Waals surface area contributed by atoms with E-state index in [9.17, 15) is 0 Å². The van der Waals surface area contributed by atoms with Crippen molar-refractivity contribution in [2.75, 3.05) is 7.11 Å². The molecule has 0 N–H and O–H groups in total. The molecular formula is C12H19ClN2O. The number of aryl methyl sites for hydroxylation is 1. The van der Waals surface area contributed by atoms with Gasteiger partial charge in [-0.3, -0.25) is 0 Å². The van der Waals surface area contributed by atoms with Crippen LogP contribution in [0.1, 0.15) is 43.9 Å². The first-order valence-electron chi connectivity index (χ1n) is 5.58. The van der Waals surface area contributed by atoms with E-state index < -0.39 is 0 Å². The van der Waals surface area contributed by atoms with Crippen LogP contribution >= 0.6 is 11.6 Å². The average molecular weight is 243 g/mol. The molecule has 0 aliphatic rings. The molecule has 0 saturated carbocycles. The number of hydrogen-bond acceptors (Lipinski definition) is 3. The lowest BCUT2D eigenvalue weighted by atomic mass is 9.96. The van der Waals surface area contributed by atoms with Gasteiger partial charge in [-0.15, -0.1) is 11.6 Å². The van der Waals surface area contributed by atoms with Crippen LogP contribution in [0.3, 0.4) is 0 Å². The molecule has 0 bridgehead atoms. The highest BCUT2D eigenvalue weighted by atomic mass is 35.5. The van der Waals surface area contributed by atoms with Gasteiger partial charge in [0, 0.05) is 12.8 Å². The van der Waals surface area contributed by atoms with E-state index in [0.29, 0.717) is 5.88 Å². The minimum absolute atomic E-state index is 0.382. The second-order valence-corrected chi connectivity index (χ2v) is 4.13. The van der Waals surface area contributed by atoms with Crippen LogP contribution in [-0.4, -0.2) is 17.1 Å². The van der Waals surface area contributed by atoms with Crippen molar-refractivity contribution < 1.29 is 4.74 Å². The third kappa shape index (κ3) is 2.53. The molecule has 1 heterocycles. The van der Waals surface area contributed by atoms with E-state index in [4.69, 9.17) is 16.3 Å². The number of alkyl halides is 1. The Morgan fingerprint density at radius 3 is 2.38 bits per heavy atom. The second kappa shape index (κ2) is 5.60. The van der Waals surface area contributed by atoms with Gasteiger partial charge in [-0.2, -0.15) is 0 Å². The zero-order valence-electron chi connectivity index (χ0n) is 10.4. The summed E-state index contributed by atoms with van der Waals surface area (Å²) < 4.78 is 5.61. The lowest BCUT2D eigenvalue weighted by Gasteiger charge is -2.28. The van der Waals surface area contributed by atoms with Crippen molar-refractivity contribution in [3.05, 3.63) is 23.3 Å². The molecule has 0 atom stereocenters. The van der Waals surface area contributed by atoms with Crippen LogP contribution in [-0.2, 0) is 16.2 Å². The standard InChI is InChI=1S/C12H19ClN2O/c1-5-12(6-2,16-4)11-14-9(3)7-10(8-13)15-11/h7H,5-6,8H2,1-4H3. The van der Waals surface area contributed by atoms with Gasteiger partial charge in [0.2, 0.25) is 0 Å². The minimum Gasteiger partial charge on any atom is -0.370 e. The second-order valence-electron chi connectivity index (χ2n) is 3.86. The summed E-state index contributed by atoms with van der Waals surface area (Å²) in [5.74, 6) is 1.15. The van der Waals surface area contributed by atoms with Crippen molar-refractivity contribution >= 4 is 11.6 Å². The highest BCUT2D eigenvalue weighted by Gasteiger charge is 2.31. The van der Waals surface area contributed by atoms with Crippen molar-refractivity contribution in [2.24, 2.45) is 0 Å². The SMILES string of the molecule is CCC(CC)(OC)c1nc(C)cc(CCl)n1. The smallest absolute Gasteiger partial charge is 0.160 e. The Hall–Kier alpha value is -0.670. The van der Waals surface area contributed by atoms with Crippen LogP contribution in [0.15, 0.2) is 6.07 Å². The summed E-state index contributed by atoms with van der Waals surface area (Å²) in [6, 6.07) is 1.90. The van der Waals surface area contributed by atoms with Gasteiger partial charge in [-0.05, 0) is 25.8 Å². The normalized spacial score (nSPS) is 11.8. The Labute approximate surface area is 102 Å². The quantitative estimate of drug-likeness (QED) is 0.744. The van der Waals surface area contributed by atoms with Gasteiger partial charge in [0.1, 0.15) is 5.60 Å². The number of aromatic nitrogens is 2. The van der Waals surface area contributed by atoms with Crippen molar-refractivity contribution in [2.45, 2.75) is 45.1 Å². The number of nitrogens with zero attached hydrogens (tertiary/aromatic N) is 2. The largest absolute Gasteiger partial charge is 0.370 e. The fraction of sp³-hybridized carbons (Fsp3) is 0.667. The predicted octanol–water partition coefficient (Wildman–Crippen LogP) is 3.19. The highest BCUT2D eigenvalue weighted by molar-refractivity contribution is 6.16. The zero-order valence-corrected chi connectivity index (χ0v) is 11.1. The van der Waals surface area contributed by atoms with Crippen molar-refractivity contribution in [1.82, 2.24) is 9.97 Å². The fourth-order valence-electron chi connectivity index (χ4n) is 1.85. The van der Waals surface area contributed by atoms with Crippen LogP contribution in [0.5, 0.6) is 0 Å². The molecule has 1 rings (SSSR count). The van der Waals surface area contributed by atoms with Crippen LogP contribution < -0.4 is 0 Å². The first kappa shape index (κ1) is 13.4. The van der Waals surface area contributed by atoms with E-state index in [1.54, 1.807) is 7.11 Å². The molecule has 16 heavy (non-hydrogen) atoms. The summed E-state index contributed by atoms with van der Waals surface area (Å²) in [6.07, 6.45) is 1.70. The Kier molecular flexibility index (Phi) is 4.69. The molecular weight excluding hydrogens is 224 g/mol. The number of hydrogen-bond donors (Lipinski definition) is 0. The van der Waals surface area contributed by atoms with Gasteiger partial charge in [0.05, 0.1) is 11.6 Å². The Balaban J connectivity index is 3.23. The molecule has 0 saturated heterocycles. The Bertz CT molecular complexity index is 343. The molecule has 0 aromatic carbocycles. The summed E-state index contributed by atoms with van der Waals surface area (Å²) in [4.78, 5) is 8.94. The van der Waals surface area contributed by atoms with Gasteiger partial charge in [-0.25, -0.2) is 9.97 Å². The lowest BCUT2D eigenvalue weighted by molar-refractivity contribution is -0.0294. The van der Waals surface area contributed by atoms with Crippen LogP contribution in [0.25, 0.3) is 0 Å². The van der Waals surface area contributed by atoms with Gasteiger partial charge in [0.25, 0.3) is 0 Å². The molecule has 0 fully saturated rings. The molecule has 1 aromatic heterocycles. The van der Waals surface area contributed by atoms with E-state index in [0.717, 1.165) is 30.1 Å². The predicted molar refractivity (Wildman–Crippen MR) is 65.6 cm³/mol. The molecule has 0 amide bonds. The van der Waals surface area contributed by atoms with Gasteiger partial charge >= 0.3 is 0 Å². The number of methoxy groups -OCH3 is 1. The maximum atomic E-state index is 5.82. The third-order valence-corrected chi connectivity index (χ3v) is 3.26. The lowest BCUT2D eigenvalue weighted by Crippen LogP contribution is -2.30. The van der Waals surface area contributed by atoms with E-state index in [-0.39, 0.29) is 5.60 Å². The molecule has 0 aliphatic heterocycles. The summed E-state index contributed by atoms with van der Waals surface area (Å²) >= 11 is 5.82. The van der Waals surface area contributed by atoms with Crippen molar-refractivity contribution in [1.29, 1.82) is 0 Å². The van der Waals surface area contributed by atoms with Crippen molar-refractivity contribution in [3.63, 3.8) is 0 Å². The summed E-state index contributed by atoms with van der Waals surface area (Å²) in [7, 11) is 1.71. The molecule has 0 radical (unpaired) electrons. The third-order valence-electron chi connectivity index (χ3n) is 2.98. The van der Waals surface area contributed by atoms with Gasteiger partial charge < -0.3 is 4.74 Å². The first-order valence-corrected chi connectivity index (χ1v) is 6.11. The molecule has 3 nitrogen and oxygen atoms in total. The van der Waals surface area contributed by atoms with Crippen LogP contribution in [0.2, 0.25) is 0 Å². The Morgan fingerprint density at radius 1 is 1.31 bits per heavy atom. The summed E-state index contributed by atoms with van der Waals surface area (Å²) in [6.45, 7) is 6.12. The molecule has 4 heteroatoms. The number of ether oxygens (including phenoxy) is 1. The van der Waals surface area contributed by atoms with Crippen LogP contribution in [0, 0.1) is 6.92 Å². The van der Waals surface area contributed by atoms with E-state index in [1.165, 1.54) is 0 Å². The van der Waals surface area contributed by atoms with E-state index in [2.05, 4.69) is 23.8 Å². The van der Waals surface area contributed by atoms with Gasteiger partial charge in [0.15, 0.2) is 5.82 Å². The van der Waals surface area contributed by atoms with E-state index in [1.807, 2.05) is 13.0 Å². The number of rotatable bonds is 5. The van der Waals surface area contributed by atoms with E-state index >= 15 is 0 Å². The van der Waals surface area contributed by atoms with Crippen molar-refractivity contribution in [3.8, 4) is 0 Å². The first-order chi connectivity index (χ1) is 7.61. The van der Waals surface area contributed by atoms with Crippen LogP contribution in [0.4, 0.5) is 0 Å². The highest BCUT2D eigenvalue weighted by Crippen LogP contribution is 2.30. The minimum atomic E-state index is -0.382. The maximum absolute atomic E-state index is 5.82. The zero-order chi connectivity index (χ0) is 12.2. The molecule has 0 unspecified atom stereocenters. The van der Waals surface area contributed by atoms with Gasteiger partial charge in [-0.1, -0.05) is 13.8 Å². The Morgan fingerprint density at radius 2 is 1.94 bits per heavy atom. The topological polar surface area (TPSA) is 35.0 Å². The molecule has 0 aliphatic carbocycles. The monoisotopic (exact) mass is 242 g/mol. The average Bonchev–Trinajstić information content (AvgIpc) is 2.31. The number of halogens is 1. The molecule has 0 spiro atoms. The maximum Gasteiger partial charge on any atom is 0.160 e. The molecule has 90 valence electrons. The molecule has 1 aromatic rings. The summed E-state index contributed by atoms with van der Waals surface area (Å²) in [5.41, 5.74) is 1.41. The fourth-order valence-corrected chi connectivity index (χ4v) is 1.99.